The zero-order valence-corrected chi connectivity index (χ0v) is 7.20. The van der Waals surface area contributed by atoms with Crippen LogP contribution in [0.4, 0.5) is 5.88 Å². The van der Waals surface area contributed by atoms with Gasteiger partial charge in [0.2, 0.25) is 5.88 Å². The van der Waals surface area contributed by atoms with Gasteiger partial charge in [-0.1, -0.05) is 18.2 Å². The summed E-state index contributed by atoms with van der Waals surface area (Å²) in [5, 5.41) is 0.785. The molecule has 0 spiro atoms. The van der Waals surface area contributed by atoms with E-state index in [9.17, 15) is 4.79 Å². The fourth-order valence-corrected chi connectivity index (χ4v) is 1.43. The van der Waals surface area contributed by atoms with Crippen LogP contribution in [0.15, 0.2) is 28.7 Å². The van der Waals surface area contributed by atoms with Crippen LogP contribution in [0.1, 0.15) is 17.3 Å². The second-order valence-electron chi connectivity index (χ2n) is 2.89. The lowest BCUT2D eigenvalue weighted by molar-refractivity contribution is 0.101. The highest BCUT2D eigenvalue weighted by Gasteiger charge is 2.14. The minimum Gasteiger partial charge on any atom is -0.440 e. The average molecular weight is 175 g/mol. The van der Waals surface area contributed by atoms with Crippen molar-refractivity contribution in [1.29, 1.82) is 0 Å². The topological polar surface area (TPSA) is 56.2 Å². The van der Waals surface area contributed by atoms with Crippen molar-refractivity contribution in [3.63, 3.8) is 0 Å². The molecule has 66 valence electrons. The summed E-state index contributed by atoms with van der Waals surface area (Å²) in [6.45, 7) is 1.48. The Morgan fingerprint density at radius 1 is 1.38 bits per heavy atom. The molecule has 0 aliphatic rings. The van der Waals surface area contributed by atoms with Crippen LogP contribution in [-0.2, 0) is 0 Å². The molecule has 0 aliphatic carbocycles. The minimum absolute atomic E-state index is 0.0672. The van der Waals surface area contributed by atoms with E-state index in [1.807, 2.05) is 18.2 Å². The lowest BCUT2D eigenvalue weighted by Gasteiger charge is -1.90. The number of fused-ring (bicyclic) bond motifs is 1. The minimum atomic E-state index is -0.0672. The van der Waals surface area contributed by atoms with Crippen molar-refractivity contribution in [3.05, 3.63) is 29.8 Å². The van der Waals surface area contributed by atoms with E-state index in [2.05, 4.69) is 0 Å². The molecule has 3 nitrogen and oxygen atoms in total. The number of nitrogen functional groups attached to an aromatic ring is 1. The Morgan fingerprint density at radius 3 is 2.77 bits per heavy atom. The molecule has 2 rings (SSSR count). The first-order valence-electron chi connectivity index (χ1n) is 3.98. The highest BCUT2D eigenvalue weighted by molar-refractivity contribution is 6.09. The van der Waals surface area contributed by atoms with Gasteiger partial charge >= 0.3 is 0 Å². The molecule has 0 saturated carbocycles. The summed E-state index contributed by atoms with van der Waals surface area (Å²) in [7, 11) is 0. The first kappa shape index (κ1) is 7.86. The molecule has 1 heterocycles. The van der Waals surface area contributed by atoms with Gasteiger partial charge in [0.15, 0.2) is 5.78 Å². The molecule has 0 amide bonds. The van der Waals surface area contributed by atoms with E-state index in [-0.39, 0.29) is 11.7 Å². The van der Waals surface area contributed by atoms with Crippen molar-refractivity contribution in [2.75, 3.05) is 5.73 Å². The molecule has 0 radical (unpaired) electrons. The summed E-state index contributed by atoms with van der Waals surface area (Å²) in [4.78, 5) is 11.2. The smallest absolute Gasteiger partial charge is 0.202 e. The first-order valence-corrected chi connectivity index (χ1v) is 3.98. The second kappa shape index (κ2) is 2.62. The van der Waals surface area contributed by atoms with Crippen LogP contribution in [0.5, 0.6) is 0 Å². The summed E-state index contributed by atoms with van der Waals surface area (Å²) in [5.74, 6) is 0.135. The van der Waals surface area contributed by atoms with Gasteiger partial charge in [-0.25, -0.2) is 0 Å². The molecule has 3 heteroatoms. The Kier molecular flexibility index (Phi) is 1.59. The molecule has 0 bridgehead atoms. The van der Waals surface area contributed by atoms with Crippen LogP contribution in [0.2, 0.25) is 0 Å². The van der Waals surface area contributed by atoms with Gasteiger partial charge < -0.3 is 10.2 Å². The van der Waals surface area contributed by atoms with E-state index in [1.54, 1.807) is 6.07 Å². The SMILES string of the molecule is CC(=O)c1c(N)oc2ccccc12. The Labute approximate surface area is 75.1 Å². The van der Waals surface area contributed by atoms with Crippen LogP contribution in [0.25, 0.3) is 11.0 Å². The molecule has 0 saturated heterocycles. The molecule has 0 unspecified atom stereocenters. The molecular formula is C10H9NO2. The number of Topliss-reactive ketones (excluding diaryl/α,β-unsaturated/α-hetero) is 1. The highest BCUT2D eigenvalue weighted by Crippen LogP contribution is 2.27. The number of carbonyl (C=O) groups is 1. The number of carbonyl (C=O) groups excluding carboxylic acids is 1. The molecule has 0 aliphatic heterocycles. The van der Waals surface area contributed by atoms with Gasteiger partial charge in [-0.3, -0.25) is 4.79 Å². The fraction of sp³-hybridized carbons (Fsp3) is 0.100. The number of anilines is 1. The zero-order valence-electron chi connectivity index (χ0n) is 7.20. The fourth-order valence-electron chi connectivity index (χ4n) is 1.43. The normalized spacial score (nSPS) is 10.5. The van der Waals surface area contributed by atoms with Crippen LogP contribution in [0.3, 0.4) is 0 Å². The number of nitrogens with two attached hydrogens (primary N) is 1. The van der Waals surface area contributed by atoms with Crippen LogP contribution < -0.4 is 5.73 Å². The van der Waals surface area contributed by atoms with Crippen molar-refractivity contribution in [2.45, 2.75) is 6.92 Å². The third-order valence-electron chi connectivity index (χ3n) is 1.97. The lowest BCUT2D eigenvalue weighted by Crippen LogP contribution is -1.95. The van der Waals surface area contributed by atoms with Crippen LogP contribution in [0, 0.1) is 0 Å². The molecule has 1 aromatic carbocycles. The summed E-state index contributed by atoms with van der Waals surface area (Å²) in [6.07, 6.45) is 0. The quantitative estimate of drug-likeness (QED) is 0.676. The van der Waals surface area contributed by atoms with E-state index in [4.69, 9.17) is 10.2 Å². The maximum absolute atomic E-state index is 11.2. The lowest BCUT2D eigenvalue weighted by atomic mass is 10.1. The maximum Gasteiger partial charge on any atom is 0.202 e. The number of rotatable bonds is 1. The molecule has 2 aromatic rings. The van der Waals surface area contributed by atoms with Gasteiger partial charge in [-0.2, -0.15) is 0 Å². The van der Waals surface area contributed by atoms with Crippen molar-refractivity contribution in [1.82, 2.24) is 0 Å². The van der Waals surface area contributed by atoms with Crippen molar-refractivity contribution in [3.8, 4) is 0 Å². The average Bonchev–Trinajstić information content (AvgIpc) is 2.39. The van der Waals surface area contributed by atoms with Gasteiger partial charge in [0, 0.05) is 5.39 Å². The Morgan fingerprint density at radius 2 is 2.08 bits per heavy atom. The highest BCUT2D eigenvalue weighted by atomic mass is 16.3. The second-order valence-corrected chi connectivity index (χ2v) is 2.89. The van der Waals surface area contributed by atoms with Gasteiger partial charge in [0.25, 0.3) is 0 Å². The molecule has 1 aromatic heterocycles. The van der Waals surface area contributed by atoms with E-state index >= 15 is 0 Å². The standard InChI is InChI=1S/C10H9NO2/c1-6(12)9-7-4-2-3-5-8(7)13-10(9)11/h2-5H,11H2,1H3. The van der Waals surface area contributed by atoms with E-state index in [1.165, 1.54) is 6.92 Å². The Hall–Kier alpha value is -1.77. The maximum atomic E-state index is 11.2. The largest absolute Gasteiger partial charge is 0.440 e. The number of benzene rings is 1. The zero-order chi connectivity index (χ0) is 9.42. The summed E-state index contributed by atoms with van der Waals surface area (Å²) < 4.78 is 5.22. The van der Waals surface area contributed by atoms with Crippen LogP contribution in [-0.4, -0.2) is 5.78 Å². The predicted molar refractivity (Wildman–Crippen MR) is 50.6 cm³/mol. The summed E-state index contributed by atoms with van der Waals surface area (Å²) in [5.41, 5.74) is 6.71. The summed E-state index contributed by atoms with van der Waals surface area (Å²) in [6, 6.07) is 7.31. The Bertz CT molecular complexity index is 471. The predicted octanol–water partition coefficient (Wildman–Crippen LogP) is 2.22. The molecule has 2 N–H and O–H groups in total. The molecule has 13 heavy (non-hydrogen) atoms. The van der Waals surface area contributed by atoms with Gasteiger partial charge in [0.05, 0.1) is 5.56 Å². The van der Waals surface area contributed by atoms with Gasteiger partial charge in [-0.15, -0.1) is 0 Å². The number of para-hydroxylation sites is 1. The molecule has 0 fully saturated rings. The third-order valence-corrected chi connectivity index (χ3v) is 1.97. The number of hydrogen-bond donors (Lipinski definition) is 1. The van der Waals surface area contributed by atoms with E-state index in [0.717, 1.165) is 5.39 Å². The van der Waals surface area contributed by atoms with Crippen LogP contribution >= 0.6 is 0 Å². The molecular weight excluding hydrogens is 166 g/mol. The Balaban J connectivity index is 2.86. The van der Waals surface area contributed by atoms with E-state index < -0.39 is 0 Å². The molecule has 0 atom stereocenters. The van der Waals surface area contributed by atoms with Gasteiger partial charge in [-0.05, 0) is 13.0 Å². The summed E-state index contributed by atoms with van der Waals surface area (Å²) >= 11 is 0. The number of furan rings is 1. The van der Waals surface area contributed by atoms with Gasteiger partial charge in [0.1, 0.15) is 5.58 Å². The number of hydrogen-bond acceptors (Lipinski definition) is 3. The number of ketones is 1. The monoisotopic (exact) mass is 175 g/mol. The third kappa shape index (κ3) is 1.09. The van der Waals surface area contributed by atoms with Crippen molar-refractivity contribution in [2.24, 2.45) is 0 Å². The first-order chi connectivity index (χ1) is 6.20. The van der Waals surface area contributed by atoms with Crippen molar-refractivity contribution >= 4 is 22.6 Å². The van der Waals surface area contributed by atoms with Crippen molar-refractivity contribution < 1.29 is 9.21 Å². The van der Waals surface area contributed by atoms with E-state index in [0.29, 0.717) is 11.1 Å².